The van der Waals surface area contributed by atoms with E-state index in [0.717, 1.165) is 40.5 Å². The molecule has 2 N–H and O–H groups in total. The number of hydrogen-bond acceptors (Lipinski definition) is 6. The van der Waals surface area contributed by atoms with Crippen LogP contribution in [0.2, 0.25) is 0 Å². The van der Waals surface area contributed by atoms with Gasteiger partial charge >= 0.3 is 17.8 Å². The molecule has 0 fully saturated rings. The van der Waals surface area contributed by atoms with Crippen molar-refractivity contribution in [3.8, 4) is 5.75 Å². The summed E-state index contributed by atoms with van der Waals surface area (Å²) in [6.45, 7) is 5.77. The summed E-state index contributed by atoms with van der Waals surface area (Å²) in [7, 11) is 0. The number of ether oxygens (including phenoxy) is 1. The van der Waals surface area contributed by atoms with E-state index in [4.69, 9.17) is 4.74 Å². The average Bonchev–Trinajstić information content (AvgIpc) is 2.90. The summed E-state index contributed by atoms with van der Waals surface area (Å²) in [5.41, 5.74) is -1.72. The van der Waals surface area contributed by atoms with Crippen molar-refractivity contribution >= 4 is 11.8 Å². The lowest BCUT2D eigenvalue weighted by atomic mass is 10.0. The van der Waals surface area contributed by atoms with Crippen LogP contribution >= 0.6 is 0 Å². The van der Waals surface area contributed by atoms with E-state index in [-0.39, 0.29) is 25.3 Å². The van der Waals surface area contributed by atoms with Crippen LogP contribution in [-0.2, 0) is 24.3 Å². The molecule has 0 saturated carbocycles. The first-order valence-electron chi connectivity index (χ1n) is 14.4. The van der Waals surface area contributed by atoms with Crippen LogP contribution < -0.4 is 21.3 Å². The van der Waals surface area contributed by atoms with E-state index in [1.807, 2.05) is 13.0 Å². The van der Waals surface area contributed by atoms with Gasteiger partial charge in [0.05, 0.1) is 0 Å². The number of carboxylic acid groups (broad SMARTS) is 1. The Kier molecular flexibility index (Phi) is 13.4. The topological polar surface area (TPSA) is 115 Å². The van der Waals surface area contributed by atoms with Gasteiger partial charge in [-0.3, -0.25) is 9.36 Å². The van der Waals surface area contributed by atoms with Crippen LogP contribution in [0.25, 0.3) is 0 Å². The van der Waals surface area contributed by atoms with E-state index in [1.165, 1.54) is 0 Å². The number of aryl methyl sites for hydroxylation is 2. The van der Waals surface area contributed by atoms with E-state index < -0.39 is 35.4 Å². The van der Waals surface area contributed by atoms with Gasteiger partial charge in [0.25, 0.3) is 5.56 Å². The van der Waals surface area contributed by atoms with Gasteiger partial charge in [0.2, 0.25) is 11.4 Å². The summed E-state index contributed by atoms with van der Waals surface area (Å²) in [5.74, 6) is -0.657. The SMILES string of the molecule is CCCCCCCn1c(=O)c(NCCCc2cccc(OC(C)(CCC)C(=O)O)c2)nn(CCCC(F)(F)F)c1=O. The Morgan fingerprint density at radius 3 is 2.39 bits per heavy atom. The molecule has 2 rings (SSSR count). The number of halogens is 3. The largest absolute Gasteiger partial charge is 0.478 e. The Morgan fingerprint density at radius 2 is 1.73 bits per heavy atom. The van der Waals surface area contributed by atoms with Gasteiger partial charge in [-0.25, -0.2) is 14.3 Å². The molecule has 0 aliphatic rings. The third-order valence-electron chi connectivity index (χ3n) is 6.79. The molecule has 0 aliphatic heterocycles. The maximum atomic E-state index is 13.0. The quantitative estimate of drug-likeness (QED) is 0.201. The fourth-order valence-corrected chi connectivity index (χ4v) is 4.52. The van der Waals surface area contributed by atoms with Crippen LogP contribution in [0.1, 0.15) is 90.5 Å². The second-order valence-electron chi connectivity index (χ2n) is 10.5. The summed E-state index contributed by atoms with van der Waals surface area (Å²) < 4.78 is 45.8. The number of nitrogens with zero attached hydrogens (tertiary/aromatic N) is 3. The van der Waals surface area contributed by atoms with Crippen LogP contribution in [-0.4, -0.2) is 43.7 Å². The highest BCUT2D eigenvalue weighted by atomic mass is 19.4. The van der Waals surface area contributed by atoms with Crippen LogP contribution in [0.4, 0.5) is 19.0 Å². The third-order valence-corrected chi connectivity index (χ3v) is 6.79. The van der Waals surface area contributed by atoms with E-state index in [9.17, 15) is 32.7 Å². The van der Waals surface area contributed by atoms with Crippen LogP contribution in [0.5, 0.6) is 5.75 Å². The first kappa shape index (κ1) is 33.9. The summed E-state index contributed by atoms with van der Waals surface area (Å²) in [4.78, 5) is 37.6. The van der Waals surface area contributed by atoms with Crippen LogP contribution in [0.3, 0.4) is 0 Å². The molecule has 1 atom stereocenters. The van der Waals surface area contributed by atoms with Gasteiger partial charge in [-0.05, 0) is 56.7 Å². The standard InChI is InChI=1S/C29H43F3N4O5/c1-4-6-7-8-9-19-35-25(37)24(34-36(27(35)40)20-12-17-29(30,31)32)33-18-11-14-22-13-10-15-23(21-22)41-28(3,16-5-2)26(38)39/h10,13,15,21H,4-9,11-12,14,16-20H2,1-3H3,(H,33,34)(H,38,39). The predicted molar refractivity (Wildman–Crippen MR) is 152 cm³/mol. The second kappa shape index (κ2) is 16.2. The van der Waals surface area contributed by atoms with Crippen LogP contribution in [0.15, 0.2) is 33.9 Å². The van der Waals surface area contributed by atoms with Crippen molar-refractivity contribution in [1.29, 1.82) is 0 Å². The van der Waals surface area contributed by atoms with Gasteiger partial charge in [-0.2, -0.15) is 13.2 Å². The minimum absolute atomic E-state index is 0.0703. The van der Waals surface area contributed by atoms with Gasteiger partial charge in [-0.15, -0.1) is 5.10 Å². The Morgan fingerprint density at radius 1 is 1.00 bits per heavy atom. The van der Waals surface area contributed by atoms with Crippen molar-refractivity contribution in [2.45, 2.75) is 116 Å². The highest BCUT2D eigenvalue weighted by Crippen LogP contribution is 2.24. The van der Waals surface area contributed by atoms with Crippen LogP contribution in [0, 0.1) is 0 Å². The average molecular weight is 585 g/mol. The number of anilines is 1. The number of aliphatic carboxylic acids is 1. The van der Waals surface area contributed by atoms with Gasteiger partial charge in [-0.1, -0.05) is 58.1 Å². The zero-order valence-electron chi connectivity index (χ0n) is 24.3. The zero-order chi connectivity index (χ0) is 30.5. The molecule has 0 spiro atoms. The number of carbonyl (C=O) groups is 1. The summed E-state index contributed by atoms with van der Waals surface area (Å²) in [6, 6.07) is 7.15. The lowest BCUT2D eigenvalue weighted by molar-refractivity contribution is -0.154. The number of aromatic nitrogens is 3. The van der Waals surface area contributed by atoms with E-state index >= 15 is 0 Å². The first-order valence-corrected chi connectivity index (χ1v) is 14.4. The molecule has 0 radical (unpaired) electrons. The lowest BCUT2D eigenvalue weighted by Crippen LogP contribution is -2.43. The molecule has 1 aromatic heterocycles. The molecule has 0 saturated heterocycles. The van der Waals surface area contributed by atoms with Crippen molar-refractivity contribution < 1.29 is 27.8 Å². The molecule has 41 heavy (non-hydrogen) atoms. The molecule has 12 heteroatoms. The Balaban J connectivity index is 2.09. The number of rotatable bonds is 19. The molecule has 0 amide bonds. The molecule has 1 heterocycles. The number of unbranched alkanes of at least 4 members (excludes halogenated alkanes) is 4. The maximum absolute atomic E-state index is 13.0. The zero-order valence-corrected chi connectivity index (χ0v) is 24.3. The van der Waals surface area contributed by atoms with Gasteiger partial charge < -0.3 is 15.2 Å². The van der Waals surface area contributed by atoms with Crippen molar-refractivity contribution in [1.82, 2.24) is 14.3 Å². The fourth-order valence-electron chi connectivity index (χ4n) is 4.52. The molecule has 230 valence electrons. The molecule has 0 bridgehead atoms. The normalized spacial score (nSPS) is 13.1. The molecule has 0 aliphatic carbocycles. The van der Waals surface area contributed by atoms with E-state index in [1.54, 1.807) is 25.1 Å². The number of carboxylic acids is 1. The van der Waals surface area contributed by atoms with Crippen molar-refractivity contribution in [3.05, 3.63) is 50.7 Å². The monoisotopic (exact) mass is 584 g/mol. The van der Waals surface area contributed by atoms with E-state index in [0.29, 0.717) is 44.4 Å². The Labute approximate surface area is 238 Å². The van der Waals surface area contributed by atoms with Crippen molar-refractivity contribution in [2.24, 2.45) is 0 Å². The number of benzene rings is 1. The Hall–Kier alpha value is -3.31. The van der Waals surface area contributed by atoms with Gasteiger partial charge in [0.15, 0.2) is 0 Å². The molecule has 2 aromatic rings. The number of alkyl halides is 3. The predicted octanol–water partition coefficient (Wildman–Crippen LogP) is 5.78. The Bertz CT molecular complexity index is 1230. The molecule has 1 unspecified atom stereocenters. The third kappa shape index (κ3) is 11.2. The highest BCUT2D eigenvalue weighted by Gasteiger charge is 2.34. The lowest BCUT2D eigenvalue weighted by Gasteiger charge is -2.26. The molecule has 9 nitrogen and oxygen atoms in total. The summed E-state index contributed by atoms with van der Waals surface area (Å²) in [6.07, 6.45) is 0.971. The fraction of sp³-hybridized carbons (Fsp3) is 0.655. The molecular weight excluding hydrogens is 541 g/mol. The smallest absolute Gasteiger partial charge is 0.389 e. The minimum Gasteiger partial charge on any atom is -0.478 e. The maximum Gasteiger partial charge on any atom is 0.389 e. The summed E-state index contributed by atoms with van der Waals surface area (Å²) in [5, 5.41) is 16.6. The number of hydrogen-bond donors (Lipinski definition) is 2. The van der Waals surface area contributed by atoms with Crippen molar-refractivity contribution in [2.75, 3.05) is 11.9 Å². The van der Waals surface area contributed by atoms with Gasteiger partial charge in [0, 0.05) is 26.1 Å². The first-order chi connectivity index (χ1) is 19.4. The molecule has 1 aromatic carbocycles. The second-order valence-corrected chi connectivity index (χ2v) is 10.5. The van der Waals surface area contributed by atoms with E-state index in [2.05, 4.69) is 17.3 Å². The summed E-state index contributed by atoms with van der Waals surface area (Å²) >= 11 is 0. The number of nitrogens with one attached hydrogen (secondary N) is 1. The van der Waals surface area contributed by atoms with Crippen molar-refractivity contribution in [3.63, 3.8) is 0 Å². The minimum atomic E-state index is -4.34. The van der Waals surface area contributed by atoms with Gasteiger partial charge in [0.1, 0.15) is 5.75 Å². The molecular formula is C29H43F3N4O5. The highest BCUT2D eigenvalue weighted by molar-refractivity contribution is 5.77.